The summed E-state index contributed by atoms with van der Waals surface area (Å²) in [6.45, 7) is 0. The van der Waals surface area contributed by atoms with Gasteiger partial charge in [0.1, 0.15) is 28.5 Å². The molecule has 0 saturated carbocycles. The van der Waals surface area contributed by atoms with E-state index in [1.54, 1.807) is 6.07 Å². The lowest BCUT2D eigenvalue weighted by Gasteiger charge is -2.12. The van der Waals surface area contributed by atoms with Gasteiger partial charge in [0.05, 0.1) is 19.6 Å². The van der Waals surface area contributed by atoms with Crippen LogP contribution in [0.4, 0.5) is 0 Å². The summed E-state index contributed by atoms with van der Waals surface area (Å²) in [6.07, 6.45) is 1.39. The van der Waals surface area contributed by atoms with Crippen molar-refractivity contribution >= 4 is 40.5 Å². The molecule has 7 aromatic rings. The second-order valence-corrected chi connectivity index (χ2v) is 17.8. The normalized spacial score (nSPS) is 12.3. The Labute approximate surface area is 329 Å². The number of hydrogen-bond acceptors (Lipinski definition) is 15. The molecule has 3 aromatic heterocycles. The van der Waals surface area contributed by atoms with Gasteiger partial charge < -0.3 is 0 Å². The molecule has 19 nitrogen and oxygen atoms in total. The molecule has 4 aromatic carbocycles. The van der Waals surface area contributed by atoms with Crippen LogP contribution < -0.4 is 0 Å². The van der Waals surface area contributed by atoms with Crippen molar-refractivity contribution in [3.05, 3.63) is 115 Å². The predicted molar refractivity (Wildman–Crippen MR) is 203 cm³/mol. The molecule has 0 radical (unpaired) electrons. The molecule has 0 aliphatic rings. The molecule has 7 rings (SSSR count). The molecule has 0 fully saturated rings. The number of nitrogens with zero attached hydrogens (tertiary/aromatic N) is 7. The van der Waals surface area contributed by atoms with Crippen LogP contribution in [0.25, 0.3) is 67.9 Å². The predicted octanol–water partition coefficient (Wildman–Crippen LogP) is 4.44. The van der Waals surface area contributed by atoms with Crippen LogP contribution in [0.3, 0.4) is 0 Å². The molecule has 0 saturated heterocycles. The number of rotatable bonds is 10. The van der Waals surface area contributed by atoms with Crippen molar-refractivity contribution in [2.75, 3.05) is 0 Å². The Bertz CT molecular complexity index is 2980. The van der Waals surface area contributed by atoms with Crippen molar-refractivity contribution in [1.82, 2.24) is 35.3 Å². The lowest BCUT2D eigenvalue weighted by atomic mass is 10.0. The first-order chi connectivity index (χ1) is 27.3. The zero-order valence-corrected chi connectivity index (χ0v) is 32.1. The van der Waals surface area contributed by atoms with E-state index in [9.17, 15) is 51.9 Å². The highest BCUT2D eigenvalue weighted by Gasteiger charge is 2.21. The van der Waals surface area contributed by atoms with E-state index in [0.29, 0.717) is 27.8 Å². The Morgan fingerprint density at radius 1 is 0.345 bits per heavy atom. The van der Waals surface area contributed by atoms with E-state index in [4.69, 9.17) is 4.98 Å². The van der Waals surface area contributed by atoms with Gasteiger partial charge in [-0.25, -0.2) is 9.97 Å². The van der Waals surface area contributed by atoms with Gasteiger partial charge >= 0.3 is 0 Å². The summed E-state index contributed by atoms with van der Waals surface area (Å²) < 4.78 is 131. The topological polar surface area (TPSA) is 308 Å². The maximum Gasteiger partial charge on any atom is 0.294 e. The number of aromatic nitrogens is 7. The highest BCUT2D eigenvalue weighted by molar-refractivity contribution is 7.86. The van der Waals surface area contributed by atoms with Gasteiger partial charge in [-0.2, -0.15) is 33.7 Å². The molecule has 0 amide bonds. The summed E-state index contributed by atoms with van der Waals surface area (Å²) in [5.41, 5.74) is 2.30. The summed E-state index contributed by atoms with van der Waals surface area (Å²) >= 11 is 0. The molecule has 294 valence electrons. The number of hydrogen-bond donors (Lipinski definition) is 4. The van der Waals surface area contributed by atoms with Gasteiger partial charge in [-0.3, -0.25) is 23.2 Å². The highest BCUT2D eigenvalue weighted by Crippen LogP contribution is 2.34. The molecular weight excluding hydrogens is 839 g/mol. The Balaban J connectivity index is 1.34. The summed E-state index contributed by atoms with van der Waals surface area (Å²) in [5.74, 6) is -0.0149. The maximum absolute atomic E-state index is 11.7. The SMILES string of the molecule is O=S(=O)(O)c1ccc(-c2nnc(-c3ccnc(-c4nnc(-c5ccc(S(=O)(=O)O)cc5)c(-c5ccc(S(=O)(=O)O)cc5)n4)c3)nc2-c2ccc(S(=O)(=O)O)cc2)cc1. The summed E-state index contributed by atoms with van der Waals surface area (Å²) in [4.78, 5) is 12.2. The van der Waals surface area contributed by atoms with Crippen LogP contribution in [0, 0.1) is 0 Å². The van der Waals surface area contributed by atoms with Crippen molar-refractivity contribution in [3.8, 4) is 67.9 Å². The molecule has 0 bridgehead atoms. The van der Waals surface area contributed by atoms with Gasteiger partial charge in [0.25, 0.3) is 40.5 Å². The first-order valence-corrected chi connectivity index (χ1v) is 21.8. The Morgan fingerprint density at radius 2 is 0.655 bits per heavy atom. The molecule has 58 heavy (non-hydrogen) atoms. The van der Waals surface area contributed by atoms with Crippen molar-refractivity contribution < 1.29 is 51.9 Å². The van der Waals surface area contributed by atoms with Crippen LogP contribution in [-0.4, -0.2) is 87.2 Å². The van der Waals surface area contributed by atoms with E-state index in [1.807, 2.05) is 0 Å². The van der Waals surface area contributed by atoms with Gasteiger partial charge in [-0.05, 0) is 60.7 Å². The Hall–Kier alpha value is -6.31. The molecule has 0 aliphatic heterocycles. The minimum atomic E-state index is -4.54. The average molecular weight is 862 g/mol. The van der Waals surface area contributed by atoms with E-state index in [1.165, 1.54) is 60.8 Å². The van der Waals surface area contributed by atoms with Crippen molar-refractivity contribution in [3.63, 3.8) is 0 Å². The van der Waals surface area contributed by atoms with Crippen LogP contribution in [-0.2, 0) is 40.5 Å². The molecule has 3 heterocycles. The second kappa shape index (κ2) is 14.9. The number of pyridine rings is 1. The Morgan fingerprint density at radius 3 is 1.00 bits per heavy atom. The first-order valence-electron chi connectivity index (χ1n) is 16.0. The summed E-state index contributed by atoms with van der Waals surface area (Å²) in [5, 5.41) is 17.2. The third-order valence-corrected chi connectivity index (χ3v) is 11.8. The molecule has 4 N–H and O–H groups in total. The molecule has 0 aliphatic carbocycles. The van der Waals surface area contributed by atoms with Gasteiger partial charge in [-0.15, -0.1) is 20.4 Å². The van der Waals surface area contributed by atoms with E-state index >= 15 is 0 Å². The fraction of sp³-hybridized carbons (Fsp3) is 0. The van der Waals surface area contributed by atoms with Crippen LogP contribution in [0.2, 0.25) is 0 Å². The quantitative estimate of drug-likeness (QED) is 0.138. The van der Waals surface area contributed by atoms with Gasteiger partial charge in [-0.1, -0.05) is 48.5 Å². The molecular formula is C35H23N7O12S4. The third-order valence-electron chi connectivity index (χ3n) is 8.32. The van der Waals surface area contributed by atoms with Crippen molar-refractivity contribution in [1.29, 1.82) is 0 Å². The smallest absolute Gasteiger partial charge is 0.282 e. The van der Waals surface area contributed by atoms with Crippen LogP contribution in [0.15, 0.2) is 135 Å². The fourth-order valence-corrected chi connectivity index (χ4v) is 7.43. The van der Waals surface area contributed by atoms with Gasteiger partial charge in [0.2, 0.25) is 5.82 Å². The van der Waals surface area contributed by atoms with Crippen molar-refractivity contribution in [2.45, 2.75) is 19.6 Å². The van der Waals surface area contributed by atoms with Crippen molar-refractivity contribution in [2.24, 2.45) is 0 Å². The minimum Gasteiger partial charge on any atom is -0.282 e. The lowest BCUT2D eigenvalue weighted by Crippen LogP contribution is -2.04. The molecule has 0 unspecified atom stereocenters. The van der Waals surface area contributed by atoms with Crippen LogP contribution in [0.1, 0.15) is 0 Å². The lowest BCUT2D eigenvalue weighted by molar-refractivity contribution is 0.481. The fourth-order valence-electron chi connectivity index (χ4n) is 5.51. The zero-order valence-electron chi connectivity index (χ0n) is 28.8. The third kappa shape index (κ3) is 8.50. The first kappa shape index (κ1) is 39.9. The van der Waals surface area contributed by atoms with Gasteiger partial charge in [0, 0.05) is 34.0 Å². The Kier molecular flexibility index (Phi) is 10.2. The van der Waals surface area contributed by atoms with Crippen LogP contribution >= 0.6 is 0 Å². The summed E-state index contributed by atoms with van der Waals surface area (Å²) in [6, 6.07) is 23.1. The zero-order chi connectivity index (χ0) is 41.6. The summed E-state index contributed by atoms with van der Waals surface area (Å²) in [7, 11) is -18.1. The largest absolute Gasteiger partial charge is 0.294 e. The maximum atomic E-state index is 11.7. The average Bonchev–Trinajstić information content (AvgIpc) is 3.19. The standard InChI is InChI=1S/C35H23N7O12S4/c43-55(44,45)25-9-1-20(2-10-25)30-32(22-5-13-27(14-6-22)57(49,50)51)39-41-34(37-30)24-17-18-36-29(19-24)35-38-31(21-3-11-26(12-4-21)56(46,47)48)33(40-42-35)23-7-15-28(16-8-23)58(52,53)54/h1-19H,(H,43,44,45)(H,46,47,48)(H,49,50,51)(H,52,53,54). The second-order valence-electron chi connectivity index (χ2n) is 12.1. The molecule has 0 atom stereocenters. The van der Waals surface area contributed by atoms with E-state index < -0.39 is 45.4 Å². The van der Waals surface area contributed by atoms with E-state index in [0.717, 1.165) is 48.5 Å². The minimum absolute atomic E-state index is 0.0281. The van der Waals surface area contributed by atoms with E-state index in [-0.39, 0.29) is 54.8 Å². The number of benzene rings is 4. The monoisotopic (exact) mass is 861 g/mol. The van der Waals surface area contributed by atoms with E-state index in [2.05, 4.69) is 30.4 Å². The van der Waals surface area contributed by atoms with Crippen LogP contribution in [0.5, 0.6) is 0 Å². The highest BCUT2D eigenvalue weighted by atomic mass is 32.2. The molecule has 23 heteroatoms. The van der Waals surface area contributed by atoms with Gasteiger partial charge in [0.15, 0.2) is 5.82 Å². The molecule has 0 spiro atoms.